The number of H-pyrrole nitrogens is 1. The van der Waals surface area contributed by atoms with Crippen molar-refractivity contribution in [2.45, 2.75) is 18.1 Å². The van der Waals surface area contributed by atoms with Gasteiger partial charge in [-0.2, -0.15) is 22.6 Å². The van der Waals surface area contributed by atoms with Gasteiger partial charge < -0.3 is 10.2 Å². The molecule has 0 bridgehead atoms. The molecule has 0 fully saturated rings. The quantitative estimate of drug-likeness (QED) is 0.672. The van der Waals surface area contributed by atoms with Crippen molar-refractivity contribution in [2.24, 2.45) is 0 Å². The summed E-state index contributed by atoms with van der Waals surface area (Å²) in [4.78, 5) is 11.0. The highest BCUT2D eigenvalue weighted by Crippen LogP contribution is 2.24. The molecule has 0 unspecified atom stereocenters. The molecule has 1 heterocycles. The second-order valence-corrected chi connectivity index (χ2v) is 5.86. The first kappa shape index (κ1) is 17.4. The van der Waals surface area contributed by atoms with Gasteiger partial charge in [0.15, 0.2) is 0 Å². The number of aryl methyl sites for hydroxylation is 1. The molecular formula is C9H12F3N3O5S. The van der Waals surface area contributed by atoms with E-state index in [1.807, 2.05) is 0 Å². The Balaban J connectivity index is 3.33. The van der Waals surface area contributed by atoms with Crippen LogP contribution in [-0.2, 0) is 10.0 Å². The molecule has 0 spiro atoms. The number of aliphatic hydroxyl groups is 1. The zero-order valence-electron chi connectivity index (χ0n) is 10.7. The number of aromatic amines is 1. The van der Waals surface area contributed by atoms with Crippen LogP contribution >= 0.6 is 0 Å². The number of carboxylic acids is 1. The lowest BCUT2D eigenvalue weighted by molar-refractivity contribution is -0.136. The predicted octanol–water partition coefficient (Wildman–Crippen LogP) is -0.0384. The Kier molecular flexibility index (Phi) is 4.96. The van der Waals surface area contributed by atoms with Crippen LogP contribution in [0.1, 0.15) is 16.1 Å². The van der Waals surface area contributed by atoms with Crippen LogP contribution in [0, 0.1) is 6.92 Å². The summed E-state index contributed by atoms with van der Waals surface area (Å²) in [5.74, 6) is -1.64. The van der Waals surface area contributed by atoms with Gasteiger partial charge in [-0.15, -0.1) is 0 Å². The molecule has 0 aliphatic heterocycles. The van der Waals surface area contributed by atoms with Gasteiger partial charge in [-0.25, -0.2) is 13.2 Å². The molecule has 0 saturated heterocycles. The first-order valence-corrected chi connectivity index (χ1v) is 6.90. The van der Waals surface area contributed by atoms with Crippen LogP contribution in [0.2, 0.25) is 0 Å². The number of halogens is 3. The summed E-state index contributed by atoms with van der Waals surface area (Å²) < 4.78 is 61.4. The number of rotatable bonds is 6. The van der Waals surface area contributed by atoms with E-state index in [1.54, 1.807) is 0 Å². The first-order chi connectivity index (χ1) is 9.50. The van der Waals surface area contributed by atoms with E-state index in [-0.39, 0.29) is 10.00 Å². The fourth-order valence-corrected chi connectivity index (χ4v) is 3.11. The van der Waals surface area contributed by atoms with E-state index in [1.165, 1.54) is 6.92 Å². The van der Waals surface area contributed by atoms with Crippen LogP contribution in [0.3, 0.4) is 0 Å². The zero-order valence-corrected chi connectivity index (χ0v) is 11.5. The number of aromatic carboxylic acids is 1. The highest BCUT2D eigenvalue weighted by Gasteiger charge is 2.40. The van der Waals surface area contributed by atoms with E-state index in [9.17, 15) is 26.4 Å². The summed E-state index contributed by atoms with van der Waals surface area (Å²) in [6, 6.07) is 0. The molecule has 0 radical (unpaired) electrons. The summed E-state index contributed by atoms with van der Waals surface area (Å²) in [6.07, 6.45) is -4.85. The summed E-state index contributed by atoms with van der Waals surface area (Å²) in [5, 5.41) is 22.0. The van der Waals surface area contributed by atoms with Crippen molar-refractivity contribution in [2.75, 3.05) is 19.7 Å². The van der Waals surface area contributed by atoms with Crippen LogP contribution in [0.4, 0.5) is 13.2 Å². The number of hydrogen-bond donors (Lipinski definition) is 3. The van der Waals surface area contributed by atoms with Crippen LogP contribution in [0.15, 0.2) is 5.03 Å². The van der Waals surface area contributed by atoms with E-state index < -0.39 is 52.5 Å². The smallest absolute Gasteiger partial charge is 0.402 e. The van der Waals surface area contributed by atoms with E-state index in [4.69, 9.17) is 10.2 Å². The Morgan fingerprint density at radius 3 is 2.43 bits per heavy atom. The van der Waals surface area contributed by atoms with Crippen molar-refractivity contribution in [3.8, 4) is 0 Å². The minimum atomic E-state index is -4.85. The Hall–Kier alpha value is -1.66. The highest BCUT2D eigenvalue weighted by molar-refractivity contribution is 7.89. The zero-order chi connectivity index (χ0) is 16.4. The van der Waals surface area contributed by atoms with Gasteiger partial charge >= 0.3 is 12.1 Å². The fraction of sp³-hybridized carbons (Fsp3) is 0.556. The summed E-state index contributed by atoms with van der Waals surface area (Å²) in [7, 11) is -4.82. The number of alkyl halides is 3. The average molecular weight is 331 g/mol. The minimum absolute atomic E-state index is 0.0744. The van der Waals surface area contributed by atoms with E-state index in [0.29, 0.717) is 0 Å². The molecule has 8 nitrogen and oxygen atoms in total. The van der Waals surface area contributed by atoms with Crippen molar-refractivity contribution in [1.82, 2.24) is 14.5 Å². The molecule has 12 heteroatoms. The molecule has 0 atom stereocenters. The van der Waals surface area contributed by atoms with E-state index >= 15 is 0 Å². The van der Waals surface area contributed by atoms with Crippen LogP contribution in [-0.4, -0.2) is 65.0 Å². The Labute approximate surface area is 117 Å². The lowest BCUT2D eigenvalue weighted by atomic mass is 10.3. The van der Waals surface area contributed by atoms with Gasteiger partial charge in [0.05, 0.1) is 6.61 Å². The standard InChI is InChI=1S/C9H12F3N3O5S/c1-5-6(8(17)18)7(14-13-5)21(19,20)15(2-3-16)4-9(10,11)12/h16H,2-4H2,1H3,(H,13,14)(H,17,18). The number of aliphatic hydroxyl groups excluding tert-OH is 1. The Morgan fingerprint density at radius 1 is 1.43 bits per heavy atom. The topological polar surface area (TPSA) is 124 Å². The number of nitrogens with zero attached hydrogens (tertiary/aromatic N) is 2. The Morgan fingerprint density at radius 2 is 2.00 bits per heavy atom. The normalized spacial score (nSPS) is 12.9. The van der Waals surface area contributed by atoms with Crippen LogP contribution < -0.4 is 0 Å². The highest BCUT2D eigenvalue weighted by atomic mass is 32.2. The maximum atomic E-state index is 12.4. The average Bonchev–Trinajstić information content (AvgIpc) is 2.69. The third-order valence-electron chi connectivity index (χ3n) is 2.42. The maximum absolute atomic E-state index is 12.4. The van der Waals surface area contributed by atoms with Crippen molar-refractivity contribution in [3.63, 3.8) is 0 Å². The summed E-state index contributed by atoms with van der Waals surface area (Å²) in [5.41, 5.74) is -0.850. The number of aromatic nitrogens is 2. The molecular weight excluding hydrogens is 319 g/mol. The number of nitrogens with one attached hydrogen (secondary N) is 1. The lowest BCUT2D eigenvalue weighted by Crippen LogP contribution is -2.41. The number of carboxylic acid groups (broad SMARTS) is 1. The van der Waals surface area contributed by atoms with E-state index in [2.05, 4.69) is 10.2 Å². The molecule has 3 N–H and O–H groups in total. The predicted molar refractivity (Wildman–Crippen MR) is 62.2 cm³/mol. The molecule has 0 aliphatic rings. The van der Waals surface area contributed by atoms with Crippen molar-refractivity contribution in [1.29, 1.82) is 0 Å². The van der Waals surface area contributed by atoms with Gasteiger partial charge in [-0.1, -0.05) is 0 Å². The third-order valence-corrected chi connectivity index (χ3v) is 4.19. The fourth-order valence-electron chi connectivity index (χ4n) is 1.56. The Bertz CT molecular complexity index is 625. The number of carbonyl (C=O) groups is 1. The number of sulfonamides is 1. The van der Waals surface area contributed by atoms with Gasteiger partial charge in [-0.3, -0.25) is 5.10 Å². The number of hydrogen-bond acceptors (Lipinski definition) is 5. The second-order valence-electron chi connectivity index (χ2n) is 4.01. The SMILES string of the molecule is Cc1[nH]nc(S(=O)(=O)N(CCO)CC(F)(F)F)c1C(=O)O. The van der Waals surface area contributed by atoms with Crippen LogP contribution in [0.25, 0.3) is 0 Å². The lowest BCUT2D eigenvalue weighted by Gasteiger charge is -2.21. The van der Waals surface area contributed by atoms with E-state index in [0.717, 1.165) is 0 Å². The molecule has 0 saturated carbocycles. The van der Waals surface area contributed by atoms with Gasteiger partial charge in [0.25, 0.3) is 10.0 Å². The van der Waals surface area contributed by atoms with Gasteiger partial charge in [-0.05, 0) is 6.92 Å². The largest absolute Gasteiger partial charge is 0.478 e. The van der Waals surface area contributed by atoms with Gasteiger partial charge in [0, 0.05) is 12.2 Å². The molecule has 0 amide bonds. The summed E-state index contributed by atoms with van der Waals surface area (Å²) in [6.45, 7) is -2.34. The third kappa shape index (κ3) is 3.92. The molecule has 1 aromatic heterocycles. The minimum Gasteiger partial charge on any atom is -0.478 e. The first-order valence-electron chi connectivity index (χ1n) is 5.46. The van der Waals surface area contributed by atoms with Crippen molar-refractivity contribution < 1.29 is 36.6 Å². The van der Waals surface area contributed by atoms with Gasteiger partial charge in [0.2, 0.25) is 5.03 Å². The van der Waals surface area contributed by atoms with Gasteiger partial charge in [0.1, 0.15) is 12.1 Å². The van der Waals surface area contributed by atoms with Crippen molar-refractivity contribution in [3.05, 3.63) is 11.3 Å². The maximum Gasteiger partial charge on any atom is 0.402 e. The molecule has 1 aromatic rings. The van der Waals surface area contributed by atoms with Crippen molar-refractivity contribution >= 4 is 16.0 Å². The molecule has 21 heavy (non-hydrogen) atoms. The molecule has 0 aliphatic carbocycles. The van der Waals surface area contributed by atoms with Crippen LogP contribution in [0.5, 0.6) is 0 Å². The molecule has 0 aromatic carbocycles. The monoisotopic (exact) mass is 331 g/mol. The second kappa shape index (κ2) is 5.99. The molecule has 120 valence electrons. The molecule has 1 rings (SSSR count). The summed E-state index contributed by atoms with van der Waals surface area (Å²) >= 11 is 0.